The minimum Gasteiger partial charge on any atom is -0.508 e. The predicted molar refractivity (Wildman–Crippen MR) is 173 cm³/mol. The number of carboxylic acids is 1. The van der Waals surface area contributed by atoms with E-state index in [0.717, 1.165) is 6.08 Å². The topological polar surface area (TPSA) is 217 Å². The molecule has 0 aliphatic rings. The number of hydrogen-bond donors (Lipinski definition) is 9. The van der Waals surface area contributed by atoms with Crippen molar-refractivity contribution in [1.29, 1.82) is 0 Å². The summed E-state index contributed by atoms with van der Waals surface area (Å²) >= 11 is 0. The second kappa shape index (κ2) is 14.8. The molecule has 0 aromatic heterocycles. The first-order valence-electron chi connectivity index (χ1n) is 14.3. The van der Waals surface area contributed by atoms with Gasteiger partial charge in [0.05, 0.1) is 0 Å². The number of hydrogen-bond acceptors (Lipinski definition) is 11. The molecular weight excluding hydrogens is 610 g/mol. The van der Waals surface area contributed by atoms with E-state index in [1.54, 1.807) is 25.1 Å². The Kier molecular flexibility index (Phi) is 10.6. The molecule has 9 N–H and O–H groups in total. The summed E-state index contributed by atoms with van der Waals surface area (Å²) in [6.45, 7) is 2.33. The Morgan fingerprint density at radius 1 is 0.723 bits per heavy atom. The number of nitrogens with one attached hydrogen (secondary N) is 1. The van der Waals surface area contributed by atoms with Crippen LogP contribution in [0, 0.1) is 0 Å². The Balaban J connectivity index is 1.65. The molecule has 0 aliphatic carbocycles. The summed E-state index contributed by atoms with van der Waals surface area (Å²) in [5, 5.41) is 83.2. The smallest absolute Gasteiger partial charge is 0.345 e. The first kappa shape index (κ1) is 33.7. The summed E-state index contributed by atoms with van der Waals surface area (Å²) in [6.07, 6.45) is 3.55. The normalized spacial score (nSPS) is 12.7. The standard InChI is InChI=1S/C35H33NO11/c1-2-36-18-26(23-8-10-27(38)28(39)16-23)34(35(45)46)47-33(44)11-9-20-14-30(41)29(40)13-19(20)6-7-22-15-31(42)32(43)17-25(22)21-4-3-5-24(37)12-21/h3-17,26,34,36-43H,2,18H2,1H3,(H,45,46). The van der Waals surface area contributed by atoms with Crippen LogP contribution >= 0.6 is 0 Å². The van der Waals surface area contributed by atoms with Gasteiger partial charge in [0.1, 0.15) is 5.75 Å². The molecule has 4 aromatic rings. The largest absolute Gasteiger partial charge is 0.508 e. The van der Waals surface area contributed by atoms with Crippen LogP contribution in [0.2, 0.25) is 0 Å². The van der Waals surface area contributed by atoms with Gasteiger partial charge in [0.25, 0.3) is 0 Å². The molecule has 2 unspecified atom stereocenters. The third-order valence-electron chi connectivity index (χ3n) is 7.22. The third kappa shape index (κ3) is 8.32. The number of aliphatic carboxylic acids is 1. The van der Waals surface area contributed by atoms with Crippen LogP contribution in [0.1, 0.15) is 35.1 Å². The van der Waals surface area contributed by atoms with Gasteiger partial charge < -0.3 is 50.9 Å². The molecule has 4 rings (SSSR count). The van der Waals surface area contributed by atoms with E-state index < -0.39 is 52.7 Å². The quantitative estimate of drug-likeness (QED) is 0.0437. The van der Waals surface area contributed by atoms with Crippen molar-refractivity contribution in [3.05, 3.63) is 95.1 Å². The van der Waals surface area contributed by atoms with E-state index in [0.29, 0.717) is 28.8 Å². The molecule has 0 saturated heterocycles. The van der Waals surface area contributed by atoms with Crippen LogP contribution in [0.4, 0.5) is 0 Å². The molecule has 0 heterocycles. The van der Waals surface area contributed by atoms with Gasteiger partial charge in [-0.25, -0.2) is 9.59 Å². The van der Waals surface area contributed by atoms with Crippen molar-refractivity contribution in [3.8, 4) is 51.4 Å². The maximum atomic E-state index is 12.9. The maximum absolute atomic E-state index is 12.9. The number of esters is 1. The zero-order valence-electron chi connectivity index (χ0n) is 25.0. The van der Waals surface area contributed by atoms with Gasteiger partial charge in [0, 0.05) is 18.5 Å². The van der Waals surface area contributed by atoms with Crippen LogP contribution in [-0.4, -0.2) is 72.0 Å². The van der Waals surface area contributed by atoms with Gasteiger partial charge in [0.2, 0.25) is 6.10 Å². The van der Waals surface area contributed by atoms with Gasteiger partial charge in [-0.1, -0.05) is 37.3 Å². The Morgan fingerprint density at radius 2 is 1.32 bits per heavy atom. The number of carboxylic acid groups (broad SMARTS) is 1. The fourth-order valence-corrected chi connectivity index (χ4v) is 4.83. The molecule has 0 saturated carbocycles. The van der Waals surface area contributed by atoms with Gasteiger partial charge in [-0.2, -0.15) is 0 Å². The van der Waals surface area contributed by atoms with Gasteiger partial charge in [0.15, 0.2) is 34.5 Å². The highest BCUT2D eigenvalue weighted by atomic mass is 16.6. The minimum atomic E-state index is -1.69. The number of benzene rings is 4. The number of rotatable bonds is 12. The van der Waals surface area contributed by atoms with Crippen molar-refractivity contribution in [2.24, 2.45) is 0 Å². The lowest BCUT2D eigenvalue weighted by atomic mass is 9.92. The summed E-state index contributed by atoms with van der Waals surface area (Å²) in [4.78, 5) is 25.1. The Labute approximate surface area is 269 Å². The maximum Gasteiger partial charge on any atom is 0.345 e. The van der Waals surface area contributed by atoms with Crippen molar-refractivity contribution < 1.29 is 55.2 Å². The molecule has 2 atom stereocenters. The lowest BCUT2D eigenvalue weighted by Gasteiger charge is -2.24. The van der Waals surface area contributed by atoms with Crippen molar-refractivity contribution >= 4 is 30.2 Å². The second-order valence-electron chi connectivity index (χ2n) is 10.5. The molecule has 0 amide bonds. The first-order valence-corrected chi connectivity index (χ1v) is 14.3. The van der Waals surface area contributed by atoms with Crippen molar-refractivity contribution in [1.82, 2.24) is 5.32 Å². The fourth-order valence-electron chi connectivity index (χ4n) is 4.83. The summed E-state index contributed by atoms with van der Waals surface area (Å²) < 4.78 is 5.33. The molecule has 12 heteroatoms. The van der Waals surface area contributed by atoms with Gasteiger partial charge in [-0.05, 0) is 94.5 Å². The summed E-state index contributed by atoms with van der Waals surface area (Å²) in [5.41, 5.74) is 2.19. The van der Waals surface area contributed by atoms with Crippen LogP contribution in [0.25, 0.3) is 29.4 Å². The Hall–Kier alpha value is -6.14. The number of ether oxygens (including phenoxy) is 1. The number of phenols is 7. The van der Waals surface area contributed by atoms with Crippen LogP contribution in [0.15, 0.2) is 72.8 Å². The SMILES string of the molecule is CCNCC(c1ccc(O)c(O)c1)C(OC(=O)C=Cc1cc(O)c(O)cc1C=Cc1cc(O)c(O)cc1-c1cccc(O)c1)C(=O)O. The minimum absolute atomic E-state index is 0.0212. The van der Waals surface area contributed by atoms with E-state index in [1.807, 2.05) is 0 Å². The number of carbonyl (C=O) groups is 2. The van der Waals surface area contributed by atoms with Crippen molar-refractivity contribution in [3.63, 3.8) is 0 Å². The van der Waals surface area contributed by atoms with Crippen molar-refractivity contribution in [2.75, 3.05) is 13.1 Å². The average Bonchev–Trinajstić information content (AvgIpc) is 3.03. The molecule has 0 fully saturated rings. The molecule has 0 spiro atoms. The van der Waals surface area contributed by atoms with Gasteiger partial charge in [-0.15, -0.1) is 0 Å². The van der Waals surface area contributed by atoms with Crippen LogP contribution in [-0.2, 0) is 14.3 Å². The van der Waals surface area contributed by atoms with E-state index in [9.17, 15) is 50.4 Å². The molecule has 0 radical (unpaired) electrons. The van der Waals surface area contributed by atoms with E-state index in [-0.39, 0.29) is 29.2 Å². The second-order valence-corrected chi connectivity index (χ2v) is 10.5. The lowest BCUT2D eigenvalue weighted by Crippen LogP contribution is -2.38. The predicted octanol–water partition coefficient (Wildman–Crippen LogP) is 4.87. The van der Waals surface area contributed by atoms with E-state index in [2.05, 4.69) is 5.32 Å². The molecule has 4 aromatic carbocycles. The summed E-state index contributed by atoms with van der Waals surface area (Å²) in [5.74, 6) is -6.10. The summed E-state index contributed by atoms with van der Waals surface area (Å²) in [7, 11) is 0. The zero-order valence-corrected chi connectivity index (χ0v) is 25.0. The highest BCUT2D eigenvalue weighted by molar-refractivity contribution is 5.91. The highest BCUT2D eigenvalue weighted by Gasteiger charge is 2.33. The number of likely N-dealkylation sites (N-methyl/N-ethyl adjacent to an activating group) is 1. The lowest BCUT2D eigenvalue weighted by molar-refractivity contribution is -0.162. The Morgan fingerprint density at radius 3 is 1.94 bits per heavy atom. The fraction of sp³-hybridized carbons (Fsp3) is 0.143. The van der Waals surface area contributed by atoms with Crippen LogP contribution < -0.4 is 5.32 Å². The van der Waals surface area contributed by atoms with Gasteiger partial charge in [-0.3, -0.25) is 0 Å². The molecule has 244 valence electrons. The zero-order chi connectivity index (χ0) is 34.2. The number of aromatic hydroxyl groups is 7. The number of carbonyl (C=O) groups excluding carboxylic acids is 1. The van der Waals surface area contributed by atoms with E-state index in [4.69, 9.17) is 4.74 Å². The van der Waals surface area contributed by atoms with E-state index in [1.165, 1.54) is 66.7 Å². The Bertz CT molecular complexity index is 1850. The average molecular weight is 644 g/mol. The molecule has 12 nitrogen and oxygen atoms in total. The molecule has 0 aliphatic heterocycles. The molecular formula is C35H33NO11. The molecule has 47 heavy (non-hydrogen) atoms. The number of phenolic OH excluding ortho intramolecular Hbond substituents is 7. The highest BCUT2D eigenvalue weighted by Crippen LogP contribution is 2.37. The molecule has 0 bridgehead atoms. The monoisotopic (exact) mass is 643 g/mol. The third-order valence-corrected chi connectivity index (χ3v) is 7.22. The first-order chi connectivity index (χ1) is 22.4. The van der Waals surface area contributed by atoms with Crippen molar-refractivity contribution in [2.45, 2.75) is 18.9 Å². The van der Waals surface area contributed by atoms with Crippen LogP contribution in [0.5, 0.6) is 40.2 Å². The van der Waals surface area contributed by atoms with Gasteiger partial charge >= 0.3 is 11.9 Å². The summed E-state index contributed by atoms with van der Waals surface area (Å²) in [6, 6.07) is 15.0. The van der Waals surface area contributed by atoms with Crippen LogP contribution in [0.3, 0.4) is 0 Å². The van der Waals surface area contributed by atoms with E-state index >= 15 is 0 Å².